The number of nitrogens with zero attached hydrogens (tertiary/aromatic N) is 3. The van der Waals surface area contributed by atoms with Gasteiger partial charge in [-0.3, -0.25) is 4.79 Å². The molecule has 3 rings (SSSR count). The summed E-state index contributed by atoms with van der Waals surface area (Å²) in [6, 6.07) is 13.7. The molecule has 0 aliphatic rings. The summed E-state index contributed by atoms with van der Waals surface area (Å²) in [5.41, 5.74) is 3.89. The number of Topliss-reactive ketones (excluding diaryl/α,β-unsaturated/α-hetero) is 1. The Morgan fingerprint density at radius 1 is 1.15 bits per heavy atom. The fraction of sp³-hybridized carbons (Fsp3) is 0.250. The summed E-state index contributed by atoms with van der Waals surface area (Å²) in [6.45, 7) is 3.62. The third-order valence-corrected chi connectivity index (χ3v) is 5.26. The monoisotopic (exact) mass is 367 g/mol. The van der Waals surface area contributed by atoms with Crippen molar-refractivity contribution in [2.45, 2.75) is 24.8 Å². The van der Waals surface area contributed by atoms with Crippen molar-refractivity contribution in [3.05, 3.63) is 59.2 Å². The molecule has 0 N–H and O–H groups in total. The minimum atomic E-state index is 0.0409. The van der Waals surface area contributed by atoms with Gasteiger partial charge in [-0.15, -0.1) is 10.2 Å². The molecule has 0 unspecified atom stereocenters. The van der Waals surface area contributed by atoms with Crippen LogP contribution < -0.4 is 4.74 Å². The predicted octanol–water partition coefficient (Wildman–Crippen LogP) is 4.29. The van der Waals surface area contributed by atoms with Gasteiger partial charge in [0.05, 0.1) is 7.11 Å². The van der Waals surface area contributed by atoms with E-state index in [0.717, 1.165) is 27.9 Å². The van der Waals surface area contributed by atoms with Crippen LogP contribution in [0.2, 0.25) is 0 Å². The molecule has 1 aromatic heterocycles. The summed E-state index contributed by atoms with van der Waals surface area (Å²) >= 11 is 1.57. The zero-order chi connectivity index (χ0) is 18.7. The highest BCUT2D eigenvalue weighted by atomic mass is 32.2. The minimum absolute atomic E-state index is 0.0409. The van der Waals surface area contributed by atoms with E-state index >= 15 is 0 Å². The van der Waals surface area contributed by atoms with Crippen molar-refractivity contribution in [1.82, 2.24) is 14.8 Å². The van der Waals surface area contributed by atoms with Crippen LogP contribution in [0.4, 0.5) is 0 Å². The second-order valence-electron chi connectivity index (χ2n) is 6.10. The van der Waals surface area contributed by atoms with E-state index in [1.54, 1.807) is 31.9 Å². The maximum Gasteiger partial charge on any atom is 0.191 e. The van der Waals surface area contributed by atoms with E-state index in [1.807, 2.05) is 35.9 Å². The number of methoxy groups -OCH3 is 1. The summed E-state index contributed by atoms with van der Waals surface area (Å²) in [4.78, 5) is 11.6. The van der Waals surface area contributed by atoms with Crippen LogP contribution in [0.15, 0.2) is 47.6 Å². The fourth-order valence-electron chi connectivity index (χ4n) is 2.65. The molecule has 2 aromatic carbocycles. The fourth-order valence-corrected chi connectivity index (χ4v) is 3.54. The normalized spacial score (nSPS) is 10.8. The lowest BCUT2D eigenvalue weighted by molar-refractivity contribution is 0.101. The lowest BCUT2D eigenvalue weighted by Crippen LogP contribution is -1.98. The molecule has 0 spiro atoms. The Hall–Kier alpha value is -2.60. The Kier molecular flexibility index (Phi) is 5.42. The molecule has 5 nitrogen and oxygen atoms in total. The van der Waals surface area contributed by atoms with E-state index in [1.165, 1.54) is 5.56 Å². The number of aromatic nitrogens is 3. The van der Waals surface area contributed by atoms with Crippen molar-refractivity contribution in [3.63, 3.8) is 0 Å². The maximum absolute atomic E-state index is 11.6. The Morgan fingerprint density at radius 2 is 1.88 bits per heavy atom. The van der Waals surface area contributed by atoms with E-state index in [0.29, 0.717) is 11.3 Å². The first-order chi connectivity index (χ1) is 12.5. The molecule has 0 fully saturated rings. The first-order valence-corrected chi connectivity index (χ1v) is 9.25. The lowest BCUT2D eigenvalue weighted by Gasteiger charge is -2.10. The van der Waals surface area contributed by atoms with Gasteiger partial charge >= 0.3 is 0 Å². The van der Waals surface area contributed by atoms with Crippen LogP contribution in [-0.4, -0.2) is 27.7 Å². The van der Waals surface area contributed by atoms with Crippen molar-refractivity contribution in [3.8, 4) is 17.1 Å². The van der Waals surface area contributed by atoms with E-state index in [2.05, 4.69) is 29.3 Å². The van der Waals surface area contributed by atoms with Crippen LogP contribution in [0.3, 0.4) is 0 Å². The van der Waals surface area contributed by atoms with E-state index in [4.69, 9.17) is 4.74 Å². The second kappa shape index (κ2) is 7.74. The summed E-state index contributed by atoms with van der Waals surface area (Å²) in [5, 5.41) is 9.45. The molecule has 26 heavy (non-hydrogen) atoms. The molecule has 0 atom stereocenters. The Bertz CT molecular complexity index is 933. The number of rotatable bonds is 6. The smallest absolute Gasteiger partial charge is 0.191 e. The van der Waals surface area contributed by atoms with E-state index < -0.39 is 0 Å². The molecular formula is C20H21N3O2S. The summed E-state index contributed by atoms with van der Waals surface area (Å²) in [6.07, 6.45) is 0. The van der Waals surface area contributed by atoms with Crippen molar-refractivity contribution in [2.75, 3.05) is 7.11 Å². The topological polar surface area (TPSA) is 57.0 Å². The second-order valence-corrected chi connectivity index (χ2v) is 7.05. The minimum Gasteiger partial charge on any atom is -0.496 e. The number of hydrogen-bond donors (Lipinski definition) is 0. The van der Waals surface area contributed by atoms with Gasteiger partial charge in [0.1, 0.15) is 5.75 Å². The predicted molar refractivity (Wildman–Crippen MR) is 104 cm³/mol. The molecule has 0 aliphatic heterocycles. The zero-order valence-electron chi connectivity index (χ0n) is 15.3. The number of hydrogen-bond acceptors (Lipinski definition) is 5. The van der Waals surface area contributed by atoms with Crippen LogP contribution in [0.1, 0.15) is 28.4 Å². The van der Waals surface area contributed by atoms with Crippen LogP contribution in [0.5, 0.6) is 5.75 Å². The summed E-state index contributed by atoms with van der Waals surface area (Å²) in [5.74, 6) is 2.28. The first kappa shape index (κ1) is 18.2. The van der Waals surface area contributed by atoms with Gasteiger partial charge in [-0.25, -0.2) is 0 Å². The lowest BCUT2D eigenvalue weighted by atomic mass is 10.1. The van der Waals surface area contributed by atoms with Gasteiger partial charge in [-0.2, -0.15) is 0 Å². The number of benzene rings is 2. The number of carbonyl (C=O) groups is 1. The number of carbonyl (C=O) groups excluding carboxylic acids is 1. The average molecular weight is 367 g/mol. The number of ketones is 1. The first-order valence-electron chi connectivity index (χ1n) is 8.26. The number of thioether (sulfide) groups is 1. The quantitative estimate of drug-likeness (QED) is 0.480. The van der Waals surface area contributed by atoms with Crippen LogP contribution in [-0.2, 0) is 12.8 Å². The van der Waals surface area contributed by atoms with Gasteiger partial charge in [0.2, 0.25) is 0 Å². The molecule has 0 amide bonds. The van der Waals surface area contributed by atoms with Gasteiger partial charge in [-0.1, -0.05) is 41.6 Å². The Balaban J connectivity index is 1.82. The zero-order valence-corrected chi connectivity index (χ0v) is 16.1. The third kappa shape index (κ3) is 3.80. The highest BCUT2D eigenvalue weighted by molar-refractivity contribution is 7.98. The molecule has 0 bridgehead atoms. The van der Waals surface area contributed by atoms with Gasteiger partial charge in [0, 0.05) is 29.5 Å². The van der Waals surface area contributed by atoms with Crippen molar-refractivity contribution < 1.29 is 9.53 Å². The van der Waals surface area contributed by atoms with Crippen LogP contribution >= 0.6 is 11.8 Å². The molecule has 0 saturated heterocycles. The van der Waals surface area contributed by atoms with Crippen molar-refractivity contribution in [2.24, 2.45) is 7.05 Å². The molecule has 3 aromatic rings. The molecule has 134 valence electrons. The van der Waals surface area contributed by atoms with Crippen molar-refractivity contribution in [1.29, 1.82) is 0 Å². The number of aryl methyl sites for hydroxylation is 1. The van der Waals surface area contributed by atoms with Crippen LogP contribution in [0, 0.1) is 6.92 Å². The summed E-state index contributed by atoms with van der Waals surface area (Å²) < 4.78 is 7.40. The summed E-state index contributed by atoms with van der Waals surface area (Å²) in [7, 11) is 3.59. The van der Waals surface area contributed by atoms with E-state index in [-0.39, 0.29) is 5.78 Å². The molecule has 6 heteroatoms. The van der Waals surface area contributed by atoms with E-state index in [9.17, 15) is 4.79 Å². The third-order valence-electron chi connectivity index (χ3n) is 4.19. The van der Waals surface area contributed by atoms with Crippen molar-refractivity contribution >= 4 is 17.5 Å². The molecule has 1 heterocycles. The van der Waals surface area contributed by atoms with Gasteiger partial charge in [0.25, 0.3) is 0 Å². The Morgan fingerprint density at radius 3 is 2.54 bits per heavy atom. The highest BCUT2D eigenvalue weighted by Gasteiger charge is 2.13. The molecular weight excluding hydrogens is 346 g/mol. The number of ether oxygens (including phenoxy) is 1. The van der Waals surface area contributed by atoms with Crippen LogP contribution in [0.25, 0.3) is 11.4 Å². The maximum atomic E-state index is 11.6. The average Bonchev–Trinajstić information content (AvgIpc) is 3.01. The molecule has 0 saturated carbocycles. The largest absolute Gasteiger partial charge is 0.496 e. The van der Waals surface area contributed by atoms with Gasteiger partial charge in [-0.05, 0) is 32.0 Å². The molecule has 0 aliphatic carbocycles. The molecule has 0 radical (unpaired) electrons. The van der Waals surface area contributed by atoms with Gasteiger partial charge in [0.15, 0.2) is 16.8 Å². The Labute approximate surface area is 157 Å². The SMILES string of the molecule is COc1ccc(C(C)=O)cc1CSc1nnc(-c2ccc(C)cc2)n1C. The van der Waals surface area contributed by atoms with Gasteiger partial charge < -0.3 is 9.30 Å². The highest BCUT2D eigenvalue weighted by Crippen LogP contribution is 2.29. The standard InChI is InChI=1S/C20H21N3O2S/c1-13-5-7-15(8-6-13)19-21-22-20(23(19)3)26-12-17-11-16(14(2)24)9-10-18(17)25-4/h5-11H,12H2,1-4H3.